The lowest BCUT2D eigenvalue weighted by Crippen LogP contribution is -2.30. The van der Waals surface area contributed by atoms with Crippen molar-refractivity contribution in [2.45, 2.75) is 35.9 Å². The zero-order chi connectivity index (χ0) is 19.7. The standard InChI is InChI=1S/C16H14N6O4S2/c1-9(23)21(11-6-7-11)15-18-19-16(28-15)27-8-13-17-14(20-26-13)10-2-4-12(5-3-10)22(24)25/h2-5,11H,6-8H2,1H3. The monoisotopic (exact) mass is 418 g/mol. The van der Waals surface area contributed by atoms with Gasteiger partial charge in [0.2, 0.25) is 22.8 Å². The molecule has 0 bridgehead atoms. The van der Waals surface area contributed by atoms with Crippen molar-refractivity contribution in [3.63, 3.8) is 0 Å². The lowest BCUT2D eigenvalue weighted by molar-refractivity contribution is -0.384. The Bertz CT molecular complexity index is 1010. The Morgan fingerprint density at radius 2 is 2.11 bits per heavy atom. The highest BCUT2D eigenvalue weighted by Gasteiger charge is 2.34. The number of nitro groups is 1. The SMILES string of the molecule is CC(=O)N(c1nnc(SCc2nc(-c3ccc([N+](=O)[O-])cc3)no2)s1)C1CC1. The van der Waals surface area contributed by atoms with Gasteiger partial charge in [0.25, 0.3) is 5.69 Å². The van der Waals surface area contributed by atoms with E-state index in [0.717, 1.165) is 12.8 Å². The molecule has 0 aliphatic heterocycles. The number of aromatic nitrogens is 4. The van der Waals surface area contributed by atoms with Crippen LogP contribution in [-0.4, -0.2) is 37.2 Å². The van der Waals surface area contributed by atoms with E-state index in [-0.39, 0.29) is 17.6 Å². The summed E-state index contributed by atoms with van der Waals surface area (Å²) < 4.78 is 5.94. The quantitative estimate of drug-likeness (QED) is 0.245. The summed E-state index contributed by atoms with van der Waals surface area (Å²) in [7, 11) is 0. The molecule has 1 aromatic carbocycles. The summed E-state index contributed by atoms with van der Waals surface area (Å²) in [4.78, 5) is 28.0. The molecule has 2 heterocycles. The molecular weight excluding hydrogens is 404 g/mol. The summed E-state index contributed by atoms with van der Waals surface area (Å²) in [5, 5.41) is 23.5. The molecule has 10 nitrogen and oxygen atoms in total. The molecule has 1 saturated carbocycles. The van der Waals surface area contributed by atoms with Crippen molar-refractivity contribution in [3.8, 4) is 11.4 Å². The van der Waals surface area contributed by atoms with E-state index in [1.165, 1.54) is 42.2 Å². The number of carbonyl (C=O) groups is 1. The summed E-state index contributed by atoms with van der Waals surface area (Å²) in [5.74, 6) is 1.14. The molecule has 0 atom stereocenters. The molecule has 12 heteroatoms. The molecule has 0 saturated heterocycles. The van der Waals surface area contributed by atoms with E-state index in [2.05, 4.69) is 20.3 Å². The van der Waals surface area contributed by atoms with Gasteiger partial charge in [-0.15, -0.1) is 10.2 Å². The first-order chi connectivity index (χ1) is 13.5. The van der Waals surface area contributed by atoms with E-state index in [1.807, 2.05) is 0 Å². The average molecular weight is 418 g/mol. The molecule has 0 spiro atoms. The van der Waals surface area contributed by atoms with Crippen LogP contribution in [-0.2, 0) is 10.5 Å². The number of rotatable bonds is 7. The minimum absolute atomic E-state index is 0.000834. The van der Waals surface area contributed by atoms with E-state index >= 15 is 0 Å². The molecule has 2 aromatic heterocycles. The Kier molecular flexibility index (Phi) is 5.05. The molecule has 1 fully saturated rings. The van der Waals surface area contributed by atoms with Crippen LogP contribution >= 0.6 is 23.1 Å². The fraction of sp³-hybridized carbons (Fsp3) is 0.312. The van der Waals surface area contributed by atoms with E-state index in [9.17, 15) is 14.9 Å². The van der Waals surface area contributed by atoms with Gasteiger partial charge < -0.3 is 4.52 Å². The van der Waals surface area contributed by atoms with Crippen LogP contribution in [0.4, 0.5) is 10.8 Å². The number of benzene rings is 1. The number of non-ortho nitro benzene ring substituents is 1. The number of thioether (sulfide) groups is 1. The van der Waals surface area contributed by atoms with Gasteiger partial charge in [-0.1, -0.05) is 28.3 Å². The molecule has 144 valence electrons. The predicted molar refractivity (Wildman–Crippen MR) is 102 cm³/mol. The Balaban J connectivity index is 1.39. The molecule has 1 aliphatic rings. The normalized spacial score (nSPS) is 13.5. The molecule has 1 amide bonds. The molecular formula is C16H14N6O4S2. The smallest absolute Gasteiger partial charge is 0.269 e. The third-order valence-corrected chi connectivity index (χ3v) is 6.02. The zero-order valence-electron chi connectivity index (χ0n) is 14.6. The van der Waals surface area contributed by atoms with Crippen LogP contribution in [0.1, 0.15) is 25.7 Å². The third kappa shape index (κ3) is 4.02. The van der Waals surface area contributed by atoms with E-state index in [4.69, 9.17) is 4.52 Å². The van der Waals surface area contributed by atoms with Gasteiger partial charge in [0.05, 0.1) is 10.7 Å². The van der Waals surface area contributed by atoms with Gasteiger partial charge in [-0.25, -0.2) is 0 Å². The summed E-state index contributed by atoms with van der Waals surface area (Å²) in [5.41, 5.74) is 0.631. The molecule has 28 heavy (non-hydrogen) atoms. The van der Waals surface area contributed by atoms with Crippen LogP contribution in [0.25, 0.3) is 11.4 Å². The van der Waals surface area contributed by atoms with E-state index in [1.54, 1.807) is 17.0 Å². The maximum atomic E-state index is 11.8. The minimum atomic E-state index is -0.463. The maximum Gasteiger partial charge on any atom is 0.269 e. The van der Waals surface area contributed by atoms with Gasteiger partial charge in [-0.3, -0.25) is 19.8 Å². The van der Waals surface area contributed by atoms with Crippen molar-refractivity contribution in [3.05, 3.63) is 40.3 Å². The molecule has 3 aromatic rings. The molecule has 0 N–H and O–H groups in total. The van der Waals surface area contributed by atoms with Gasteiger partial charge >= 0.3 is 0 Å². The lowest BCUT2D eigenvalue weighted by Gasteiger charge is -2.15. The van der Waals surface area contributed by atoms with Crippen LogP contribution in [0, 0.1) is 10.1 Å². The van der Waals surface area contributed by atoms with E-state index in [0.29, 0.717) is 32.5 Å². The van der Waals surface area contributed by atoms with Crippen LogP contribution in [0.5, 0.6) is 0 Å². The average Bonchev–Trinajstić information content (AvgIpc) is 3.19. The number of nitrogens with zero attached hydrogens (tertiary/aromatic N) is 6. The number of nitro benzene ring substituents is 1. The van der Waals surface area contributed by atoms with Gasteiger partial charge in [0, 0.05) is 30.7 Å². The highest BCUT2D eigenvalue weighted by Crippen LogP contribution is 2.36. The Labute approximate surface area is 167 Å². The van der Waals surface area contributed by atoms with Crippen molar-refractivity contribution >= 4 is 39.8 Å². The van der Waals surface area contributed by atoms with Crippen molar-refractivity contribution in [2.75, 3.05) is 4.90 Å². The van der Waals surface area contributed by atoms with Crippen molar-refractivity contribution in [1.29, 1.82) is 0 Å². The second-order valence-electron chi connectivity index (χ2n) is 6.08. The molecule has 0 radical (unpaired) electrons. The third-order valence-electron chi connectivity index (χ3n) is 3.98. The predicted octanol–water partition coefficient (Wildman–Crippen LogP) is 3.30. The minimum Gasteiger partial charge on any atom is -0.338 e. The fourth-order valence-electron chi connectivity index (χ4n) is 2.53. The summed E-state index contributed by atoms with van der Waals surface area (Å²) >= 11 is 2.75. The molecule has 1 aliphatic carbocycles. The van der Waals surface area contributed by atoms with Gasteiger partial charge in [0.15, 0.2) is 4.34 Å². The topological polar surface area (TPSA) is 128 Å². The highest BCUT2D eigenvalue weighted by atomic mass is 32.2. The second kappa shape index (κ2) is 7.64. The number of amides is 1. The maximum absolute atomic E-state index is 11.8. The van der Waals surface area contributed by atoms with Crippen molar-refractivity contribution in [1.82, 2.24) is 20.3 Å². The zero-order valence-corrected chi connectivity index (χ0v) is 16.3. The van der Waals surface area contributed by atoms with Crippen LogP contribution in [0.15, 0.2) is 33.1 Å². The molecule has 4 rings (SSSR count). The van der Waals surface area contributed by atoms with Gasteiger partial charge in [-0.05, 0) is 25.0 Å². The van der Waals surface area contributed by atoms with Crippen LogP contribution in [0.3, 0.4) is 0 Å². The summed E-state index contributed by atoms with van der Waals surface area (Å²) in [6, 6.07) is 6.17. The Hall–Kier alpha value is -2.86. The number of carbonyl (C=O) groups excluding carboxylic acids is 1. The first-order valence-corrected chi connectivity index (χ1v) is 10.1. The van der Waals surface area contributed by atoms with Crippen molar-refractivity contribution < 1.29 is 14.2 Å². The lowest BCUT2D eigenvalue weighted by atomic mass is 10.2. The fourth-order valence-corrected chi connectivity index (χ4v) is 4.32. The van der Waals surface area contributed by atoms with E-state index < -0.39 is 4.92 Å². The first-order valence-electron chi connectivity index (χ1n) is 8.35. The number of hydrogen-bond donors (Lipinski definition) is 0. The highest BCUT2D eigenvalue weighted by molar-refractivity contribution is 8.00. The van der Waals surface area contributed by atoms with Crippen LogP contribution in [0.2, 0.25) is 0 Å². The summed E-state index contributed by atoms with van der Waals surface area (Å²) in [6.45, 7) is 1.53. The van der Waals surface area contributed by atoms with Crippen molar-refractivity contribution in [2.24, 2.45) is 0 Å². The number of hydrogen-bond acceptors (Lipinski definition) is 10. The van der Waals surface area contributed by atoms with Gasteiger partial charge in [0.1, 0.15) is 0 Å². The Morgan fingerprint density at radius 1 is 1.36 bits per heavy atom. The Morgan fingerprint density at radius 3 is 2.75 bits per heavy atom. The summed E-state index contributed by atoms with van der Waals surface area (Å²) in [6.07, 6.45) is 1.99. The number of anilines is 1. The second-order valence-corrected chi connectivity index (χ2v) is 8.25. The van der Waals surface area contributed by atoms with Crippen LogP contribution < -0.4 is 4.90 Å². The first kappa shape index (κ1) is 18.5. The largest absolute Gasteiger partial charge is 0.338 e. The molecule has 0 unspecified atom stereocenters. The van der Waals surface area contributed by atoms with Gasteiger partial charge in [-0.2, -0.15) is 4.98 Å².